The molecule has 1 aliphatic heterocycles. The van der Waals surface area contributed by atoms with E-state index < -0.39 is 0 Å². The van der Waals surface area contributed by atoms with Crippen LogP contribution in [0.3, 0.4) is 0 Å². The molecule has 1 fully saturated rings. The molecule has 2 N–H and O–H groups in total. The number of carbonyl (C=O) groups excluding carboxylic acids is 2. The molecule has 1 aromatic carbocycles. The summed E-state index contributed by atoms with van der Waals surface area (Å²) in [5.74, 6) is 1.20. The van der Waals surface area contributed by atoms with Gasteiger partial charge in [0.2, 0.25) is 5.91 Å². The second kappa shape index (κ2) is 9.15. The van der Waals surface area contributed by atoms with Crippen molar-refractivity contribution in [3.05, 3.63) is 29.8 Å². The molecule has 2 rings (SSSR count). The monoisotopic (exact) mass is 333 g/mol. The van der Waals surface area contributed by atoms with Gasteiger partial charge in [-0.1, -0.05) is 19.1 Å². The minimum absolute atomic E-state index is 0.0441. The van der Waals surface area contributed by atoms with Crippen molar-refractivity contribution < 1.29 is 14.3 Å². The van der Waals surface area contributed by atoms with Crippen LogP contribution < -0.4 is 15.4 Å². The molecule has 1 aromatic rings. The van der Waals surface area contributed by atoms with Crippen LogP contribution in [0.4, 0.5) is 4.79 Å². The molecule has 1 atom stereocenters. The molecule has 1 saturated heterocycles. The zero-order chi connectivity index (χ0) is 17.4. The number of nitrogens with one attached hydrogen (secondary N) is 2. The Morgan fingerprint density at radius 1 is 1.25 bits per heavy atom. The highest BCUT2D eigenvalue weighted by atomic mass is 16.5. The minimum atomic E-state index is -0.0441. The number of likely N-dealkylation sites (tertiary alicyclic amines) is 1. The Labute approximate surface area is 143 Å². The van der Waals surface area contributed by atoms with Crippen molar-refractivity contribution in [2.75, 3.05) is 26.7 Å². The molecular weight excluding hydrogens is 306 g/mol. The van der Waals surface area contributed by atoms with Gasteiger partial charge in [-0.25, -0.2) is 4.79 Å². The molecule has 0 saturated carbocycles. The maximum atomic E-state index is 12.3. The summed E-state index contributed by atoms with van der Waals surface area (Å²) in [4.78, 5) is 25.5. The zero-order valence-corrected chi connectivity index (χ0v) is 14.5. The second-order valence-electron chi connectivity index (χ2n) is 6.12. The van der Waals surface area contributed by atoms with E-state index in [1.165, 1.54) is 0 Å². The van der Waals surface area contributed by atoms with Crippen LogP contribution in [0, 0.1) is 5.92 Å². The highest BCUT2D eigenvalue weighted by Gasteiger charge is 2.23. The first-order valence-corrected chi connectivity index (χ1v) is 8.54. The lowest BCUT2D eigenvalue weighted by molar-refractivity contribution is -0.121. The van der Waals surface area contributed by atoms with E-state index in [-0.39, 0.29) is 11.9 Å². The number of carbonyl (C=O) groups is 2. The first-order chi connectivity index (χ1) is 11.6. The van der Waals surface area contributed by atoms with Gasteiger partial charge < -0.3 is 20.3 Å². The number of nitrogens with zero attached hydrogens (tertiary/aromatic N) is 1. The summed E-state index contributed by atoms with van der Waals surface area (Å²) in [6.45, 7) is 4.45. The van der Waals surface area contributed by atoms with Gasteiger partial charge in [-0.2, -0.15) is 0 Å². The summed E-state index contributed by atoms with van der Waals surface area (Å²) in [6.07, 6.45) is 2.52. The predicted octanol–water partition coefficient (Wildman–Crippen LogP) is 2.14. The fourth-order valence-electron chi connectivity index (χ4n) is 2.83. The van der Waals surface area contributed by atoms with E-state index in [2.05, 4.69) is 10.6 Å². The molecule has 1 heterocycles. The van der Waals surface area contributed by atoms with Crippen molar-refractivity contribution in [1.82, 2.24) is 15.5 Å². The topological polar surface area (TPSA) is 70.7 Å². The number of piperidine rings is 1. The van der Waals surface area contributed by atoms with Gasteiger partial charge in [0.05, 0.1) is 7.11 Å². The third kappa shape index (κ3) is 5.44. The number of rotatable bonds is 6. The highest BCUT2D eigenvalue weighted by molar-refractivity contribution is 5.75. The quantitative estimate of drug-likeness (QED) is 0.838. The Hall–Kier alpha value is -2.24. The number of urea groups is 1. The van der Waals surface area contributed by atoms with Crippen molar-refractivity contribution in [1.29, 1.82) is 0 Å². The van der Waals surface area contributed by atoms with Crippen LogP contribution >= 0.6 is 0 Å². The lowest BCUT2D eigenvalue weighted by Gasteiger charge is -2.32. The summed E-state index contributed by atoms with van der Waals surface area (Å²) in [5, 5.41) is 5.88. The summed E-state index contributed by atoms with van der Waals surface area (Å²) in [6, 6.07) is 7.61. The first kappa shape index (κ1) is 18.1. The average Bonchev–Trinajstić information content (AvgIpc) is 2.64. The summed E-state index contributed by atoms with van der Waals surface area (Å²) >= 11 is 0. The van der Waals surface area contributed by atoms with E-state index >= 15 is 0 Å². The van der Waals surface area contributed by atoms with E-state index in [0.717, 1.165) is 30.7 Å². The van der Waals surface area contributed by atoms with E-state index in [1.54, 1.807) is 7.11 Å². The van der Waals surface area contributed by atoms with E-state index in [9.17, 15) is 9.59 Å². The SMILES string of the molecule is CCC(=O)NCC1CCCN(C(=O)NCc2ccc(OC)cc2)C1. The van der Waals surface area contributed by atoms with Crippen LogP contribution in [0.1, 0.15) is 31.7 Å². The van der Waals surface area contributed by atoms with Gasteiger partial charge in [-0.3, -0.25) is 4.79 Å². The summed E-state index contributed by atoms with van der Waals surface area (Å²) in [5.41, 5.74) is 1.04. The number of methoxy groups -OCH3 is 1. The number of ether oxygens (including phenoxy) is 1. The minimum Gasteiger partial charge on any atom is -0.497 e. The summed E-state index contributed by atoms with van der Waals surface area (Å²) in [7, 11) is 1.63. The molecular formula is C18H27N3O3. The van der Waals surface area contributed by atoms with Crippen molar-refractivity contribution in [3.63, 3.8) is 0 Å². The van der Waals surface area contributed by atoms with Gasteiger partial charge in [0.1, 0.15) is 5.75 Å². The molecule has 132 valence electrons. The van der Waals surface area contributed by atoms with E-state index in [1.807, 2.05) is 36.1 Å². The second-order valence-corrected chi connectivity index (χ2v) is 6.12. The molecule has 6 nitrogen and oxygen atoms in total. The Balaban J connectivity index is 1.77. The molecule has 0 radical (unpaired) electrons. The summed E-state index contributed by atoms with van der Waals surface area (Å²) < 4.78 is 5.12. The molecule has 1 unspecified atom stereocenters. The first-order valence-electron chi connectivity index (χ1n) is 8.54. The van der Waals surface area contributed by atoms with Crippen LogP contribution in [-0.4, -0.2) is 43.6 Å². The number of hydrogen-bond acceptors (Lipinski definition) is 3. The maximum absolute atomic E-state index is 12.3. The van der Waals surface area contributed by atoms with Crippen LogP contribution in [0.15, 0.2) is 24.3 Å². The Kier molecular flexibility index (Phi) is 6.90. The molecule has 1 aliphatic rings. The molecule has 0 aliphatic carbocycles. The van der Waals surface area contributed by atoms with Gasteiger partial charge >= 0.3 is 6.03 Å². The van der Waals surface area contributed by atoms with Gasteiger partial charge in [0.25, 0.3) is 0 Å². The molecule has 6 heteroatoms. The van der Waals surface area contributed by atoms with Gasteiger partial charge in [0.15, 0.2) is 0 Å². The molecule has 0 aromatic heterocycles. The lowest BCUT2D eigenvalue weighted by atomic mass is 9.98. The average molecular weight is 333 g/mol. The normalized spacial score (nSPS) is 17.2. The third-order valence-electron chi connectivity index (χ3n) is 4.32. The zero-order valence-electron chi connectivity index (χ0n) is 14.5. The van der Waals surface area contributed by atoms with Crippen LogP contribution in [-0.2, 0) is 11.3 Å². The van der Waals surface area contributed by atoms with Crippen LogP contribution in [0.25, 0.3) is 0 Å². The largest absolute Gasteiger partial charge is 0.497 e. The maximum Gasteiger partial charge on any atom is 0.317 e. The van der Waals surface area contributed by atoms with Crippen molar-refractivity contribution in [2.24, 2.45) is 5.92 Å². The predicted molar refractivity (Wildman–Crippen MR) is 92.8 cm³/mol. The van der Waals surface area contributed by atoms with Crippen molar-refractivity contribution in [2.45, 2.75) is 32.7 Å². The van der Waals surface area contributed by atoms with Crippen LogP contribution in [0.2, 0.25) is 0 Å². The Morgan fingerprint density at radius 3 is 2.67 bits per heavy atom. The fraction of sp³-hybridized carbons (Fsp3) is 0.556. The molecule has 3 amide bonds. The van der Waals surface area contributed by atoms with Crippen molar-refractivity contribution >= 4 is 11.9 Å². The van der Waals surface area contributed by atoms with Gasteiger partial charge in [-0.15, -0.1) is 0 Å². The van der Waals surface area contributed by atoms with Gasteiger partial charge in [-0.05, 0) is 36.5 Å². The lowest BCUT2D eigenvalue weighted by Crippen LogP contribution is -2.47. The van der Waals surface area contributed by atoms with Gasteiger partial charge in [0, 0.05) is 32.6 Å². The third-order valence-corrected chi connectivity index (χ3v) is 4.32. The molecule has 0 spiro atoms. The number of amides is 3. The van der Waals surface area contributed by atoms with E-state index in [0.29, 0.717) is 32.0 Å². The Bertz CT molecular complexity index is 545. The smallest absolute Gasteiger partial charge is 0.317 e. The number of hydrogen-bond donors (Lipinski definition) is 2. The highest BCUT2D eigenvalue weighted by Crippen LogP contribution is 2.16. The standard InChI is InChI=1S/C18H27N3O3/c1-3-17(22)19-12-15-5-4-10-21(13-15)18(23)20-11-14-6-8-16(24-2)9-7-14/h6-9,15H,3-5,10-13H2,1-2H3,(H,19,22)(H,20,23). The number of benzene rings is 1. The van der Waals surface area contributed by atoms with Crippen LogP contribution in [0.5, 0.6) is 5.75 Å². The van der Waals surface area contributed by atoms with E-state index in [4.69, 9.17) is 4.74 Å². The molecule has 24 heavy (non-hydrogen) atoms. The van der Waals surface area contributed by atoms with Crippen molar-refractivity contribution in [3.8, 4) is 5.75 Å². The fourth-order valence-corrected chi connectivity index (χ4v) is 2.83. The molecule has 0 bridgehead atoms. The Morgan fingerprint density at radius 2 is 2.00 bits per heavy atom.